The number of rotatable bonds is 10. The second-order valence-electron chi connectivity index (χ2n) is 9.40. The molecule has 1 atom stereocenters. The van der Waals surface area contributed by atoms with Crippen LogP contribution in [0.5, 0.6) is 0 Å². The molecule has 3 aromatic rings. The second-order valence-corrected chi connectivity index (χ2v) is 12.1. The maximum Gasteiger partial charge on any atom is 0.264 e. The van der Waals surface area contributed by atoms with Gasteiger partial charge in [0.2, 0.25) is 11.8 Å². The smallest absolute Gasteiger partial charge is 0.264 e. The fourth-order valence-corrected chi connectivity index (χ4v) is 5.68. The van der Waals surface area contributed by atoms with Crippen molar-refractivity contribution in [3.63, 3.8) is 0 Å². The third-order valence-electron chi connectivity index (χ3n) is 5.96. The lowest BCUT2D eigenvalue weighted by molar-refractivity contribution is -0.139. The van der Waals surface area contributed by atoms with Gasteiger partial charge in [0.05, 0.1) is 10.6 Å². The molecule has 0 unspecified atom stereocenters. The van der Waals surface area contributed by atoms with Crippen molar-refractivity contribution in [3.8, 4) is 0 Å². The third kappa shape index (κ3) is 7.71. The highest BCUT2D eigenvalue weighted by Gasteiger charge is 2.33. The summed E-state index contributed by atoms with van der Waals surface area (Å²) in [5.41, 5.74) is 1.66. The summed E-state index contributed by atoms with van der Waals surface area (Å²) < 4.78 is 41.9. The summed E-state index contributed by atoms with van der Waals surface area (Å²) >= 11 is 12.4. The van der Waals surface area contributed by atoms with Crippen LogP contribution in [0.15, 0.2) is 71.6 Å². The Balaban J connectivity index is 2.04. The molecule has 0 aliphatic heterocycles. The van der Waals surface area contributed by atoms with E-state index in [-0.39, 0.29) is 23.2 Å². The Morgan fingerprint density at radius 3 is 2.13 bits per heavy atom. The number of halogens is 3. The molecule has 0 aliphatic carbocycles. The summed E-state index contributed by atoms with van der Waals surface area (Å²) in [5, 5.41) is 3.49. The van der Waals surface area contributed by atoms with Crippen molar-refractivity contribution in [1.82, 2.24) is 10.2 Å². The van der Waals surface area contributed by atoms with Crippen LogP contribution in [-0.2, 0) is 26.2 Å². The van der Waals surface area contributed by atoms with Crippen LogP contribution in [0.25, 0.3) is 0 Å². The van der Waals surface area contributed by atoms with Crippen molar-refractivity contribution >= 4 is 50.7 Å². The number of hydrogen-bond acceptors (Lipinski definition) is 4. The number of anilines is 1. The summed E-state index contributed by atoms with van der Waals surface area (Å²) in [7, 11) is -4.29. The molecule has 39 heavy (non-hydrogen) atoms. The van der Waals surface area contributed by atoms with Gasteiger partial charge in [0.15, 0.2) is 0 Å². The van der Waals surface area contributed by atoms with Crippen molar-refractivity contribution < 1.29 is 22.4 Å². The first-order valence-corrected chi connectivity index (χ1v) is 14.4. The molecule has 7 nitrogen and oxygen atoms in total. The molecule has 2 amide bonds. The van der Waals surface area contributed by atoms with Crippen LogP contribution in [0.3, 0.4) is 0 Å². The molecule has 1 N–H and O–H groups in total. The van der Waals surface area contributed by atoms with Crippen molar-refractivity contribution in [1.29, 1.82) is 0 Å². The highest BCUT2D eigenvalue weighted by molar-refractivity contribution is 7.92. The van der Waals surface area contributed by atoms with Crippen LogP contribution in [0.4, 0.5) is 10.1 Å². The van der Waals surface area contributed by atoms with E-state index in [9.17, 15) is 22.4 Å². The summed E-state index contributed by atoms with van der Waals surface area (Å²) in [6.45, 7) is 6.31. The molecule has 0 fully saturated rings. The molecule has 11 heteroatoms. The molecule has 0 heterocycles. The highest BCUT2D eigenvalue weighted by atomic mass is 35.5. The molecule has 0 spiro atoms. The van der Waals surface area contributed by atoms with Gasteiger partial charge in [-0.1, -0.05) is 47.0 Å². The van der Waals surface area contributed by atoms with Gasteiger partial charge in [-0.3, -0.25) is 13.9 Å². The predicted octanol–water partition coefficient (Wildman–Crippen LogP) is 5.58. The van der Waals surface area contributed by atoms with Gasteiger partial charge in [0.25, 0.3) is 10.0 Å². The van der Waals surface area contributed by atoms with Gasteiger partial charge in [-0.2, -0.15) is 0 Å². The minimum atomic E-state index is -4.29. The SMILES string of the molecule is Cc1ccc(N(CC(=O)N(Cc2ccc(Cl)cc2Cl)[C@H](C)C(=O)NC(C)C)S(=O)(=O)c2ccc(F)cc2)cc1. The Morgan fingerprint density at radius 2 is 1.56 bits per heavy atom. The first kappa shape index (κ1) is 30.4. The second kappa shape index (κ2) is 12.8. The Morgan fingerprint density at radius 1 is 0.949 bits per heavy atom. The lowest BCUT2D eigenvalue weighted by Crippen LogP contribution is -2.52. The normalized spacial score (nSPS) is 12.2. The van der Waals surface area contributed by atoms with Gasteiger partial charge >= 0.3 is 0 Å². The molecule has 3 aromatic carbocycles. The van der Waals surface area contributed by atoms with Crippen LogP contribution < -0.4 is 9.62 Å². The van der Waals surface area contributed by atoms with E-state index < -0.39 is 40.2 Å². The van der Waals surface area contributed by atoms with E-state index in [0.717, 1.165) is 34.1 Å². The molecule has 0 saturated carbocycles. The Labute approximate surface area is 238 Å². The quantitative estimate of drug-likeness (QED) is 0.332. The average molecular weight is 595 g/mol. The third-order valence-corrected chi connectivity index (χ3v) is 8.33. The van der Waals surface area contributed by atoms with Gasteiger partial charge in [-0.15, -0.1) is 0 Å². The van der Waals surface area contributed by atoms with Crippen LogP contribution in [0.2, 0.25) is 10.0 Å². The fourth-order valence-electron chi connectivity index (χ4n) is 3.79. The molecular formula is C28H30Cl2FN3O4S. The first-order chi connectivity index (χ1) is 18.3. The van der Waals surface area contributed by atoms with Gasteiger partial charge < -0.3 is 10.2 Å². The summed E-state index contributed by atoms with van der Waals surface area (Å²) in [4.78, 5) is 27.9. The van der Waals surface area contributed by atoms with E-state index in [1.165, 1.54) is 11.0 Å². The zero-order valence-electron chi connectivity index (χ0n) is 22.0. The topological polar surface area (TPSA) is 86.8 Å². The summed E-state index contributed by atoms with van der Waals surface area (Å²) in [6.07, 6.45) is 0. The van der Waals surface area contributed by atoms with Crippen LogP contribution in [0, 0.1) is 12.7 Å². The molecule has 208 valence electrons. The monoisotopic (exact) mass is 593 g/mol. The van der Waals surface area contributed by atoms with Crippen molar-refractivity contribution in [3.05, 3.63) is 93.7 Å². The largest absolute Gasteiger partial charge is 0.352 e. The number of aryl methyl sites for hydroxylation is 1. The molecule has 3 rings (SSSR count). The van der Waals surface area contributed by atoms with Crippen molar-refractivity contribution in [2.24, 2.45) is 0 Å². The molecule has 0 saturated heterocycles. The minimum absolute atomic E-state index is 0.0696. The highest BCUT2D eigenvalue weighted by Crippen LogP contribution is 2.27. The maximum atomic E-state index is 13.9. The van der Waals surface area contributed by atoms with E-state index in [4.69, 9.17) is 23.2 Å². The van der Waals surface area contributed by atoms with Gasteiger partial charge in [0, 0.05) is 22.6 Å². The van der Waals surface area contributed by atoms with Crippen LogP contribution in [-0.4, -0.2) is 43.8 Å². The first-order valence-electron chi connectivity index (χ1n) is 12.2. The average Bonchev–Trinajstić information content (AvgIpc) is 2.86. The fraction of sp³-hybridized carbons (Fsp3) is 0.286. The molecule has 0 radical (unpaired) electrons. The zero-order valence-corrected chi connectivity index (χ0v) is 24.3. The van der Waals surface area contributed by atoms with Gasteiger partial charge in [-0.25, -0.2) is 12.8 Å². The predicted molar refractivity (Wildman–Crippen MR) is 152 cm³/mol. The lowest BCUT2D eigenvalue weighted by atomic mass is 10.1. The number of carbonyl (C=O) groups excluding carboxylic acids is 2. The van der Waals surface area contributed by atoms with Gasteiger partial charge in [0.1, 0.15) is 18.4 Å². The maximum absolute atomic E-state index is 13.9. The van der Waals surface area contributed by atoms with E-state index in [1.807, 2.05) is 6.92 Å². The van der Waals surface area contributed by atoms with Crippen LogP contribution in [0.1, 0.15) is 31.9 Å². The Kier molecular flexibility index (Phi) is 9.98. The molecular weight excluding hydrogens is 564 g/mol. The Hall–Kier alpha value is -3.14. The Bertz CT molecular complexity index is 1430. The standard InChI is InChI=1S/C28H30Cl2FN3O4S/c1-18(2)32-28(36)20(4)33(16-21-7-8-22(29)15-26(21)30)27(35)17-34(24-11-5-19(3)6-12-24)39(37,38)25-13-9-23(31)10-14-25/h5-15,18,20H,16-17H2,1-4H3,(H,32,36)/t20-/m1/s1. The molecule has 0 aliphatic rings. The number of nitrogens with zero attached hydrogens (tertiary/aromatic N) is 2. The van der Waals surface area contributed by atoms with E-state index >= 15 is 0 Å². The summed E-state index contributed by atoms with van der Waals surface area (Å²) in [6, 6.07) is 14.6. The lowest BCUT2D eigenvalue weighted by Gasteiger charge is -2.32. The summed E-state index contributed by atoms with van der Waals surface area (Å²) in [5.74, 6) is -1.65. The number of amides is 2. The molecule has 0 bridgehead atoms. The van der Waals surface area contributed by atoms with Crippen molar-refractivity contribution in [2.45, 2.75) is 51.2 Å². The minimum Gasteiger partial charge on any atom is -0.352 e. The van der Waals surface area contributed by atoms with E-state index in [2.05, 4.69) is 5.32 Å². The van der Waals surface area contributed by atoms with Crippen molar-refractivity contribution in [2.75, 3.05) is 10.8 Å². The van der Waals surface area contributed by atoms with E-state index in [1.54, 1.807) is 57.2 Å². The van der Waals surface area contributed by atoms with Crippen LogP contribution >= 0.6 is 23.2 Å². The van der Waals surface area contributed by atoms with E-state index in [0.29, 0.717) is 15.6 Å². The number of sulfonamides is 1. The van der Waals surface area contributed by atoms with Gasteiger partial charge in [-0.05, 0) is 81.8 Å². The number of nitrogens with one attached hydrogen (secondary N) is 1. The number of benzene rings is 3. The molecule has 0 aromatic heterocycles. The zero-order chi connectivity index (χ0) is 28.9. The number of hydrogen-bond donors (Lipinski definition) is 1. The number of carbonyl (C=O) groups is 2.